The molecule has 3 rings (SSSR count). The maximum absolute atomic E-state index is 5.76. The van der Waals surface area contributed by atoms with Crippen LogP contribution >= 0.6 is 22.7 Å². The summed E-state index contributed by atoms with van der Waals surface area (Å²) in [5, 5.41) is 4.21. The van der Waals surface area contributed by atoms with Gasteiger partial charge in [0.1, 0.15) is 6.10 Å². The first kappa shape index (κ1) is 8.59. The summed E-state index contributed by atoms with van der Waals surface area (Å²) >= 11 is 3.40. The predicted octanol–water partition coefficient (Wildman–Crippen LogP) is 2.87. The van der Waals surface area contributed by atoms with Crippen LogP contribution in [0.15, 0.2) is 22.3 Å². The van der Waals surface area contributed by atoms with Gasteiger partial charge in [-0.2, -0.15) is 0 Å². The lowest BCUT2D eigenvalue weighted by molar-refractivity contribution is 0.0705. The van der Waals surface area contributed by atoms with E-state index in [1.54, 1.807) is 22.7 Å². The zero-order valence-corrected chi connectivity index (χ0v) is 9.11. The highest BCUT2D eigenvalue weighted by atomic mass is 32.1. The van der Waals surface area contributed by atoms with Crippen LogP contribution in [0.3, 0.4) is 0 Å². The molecule has 0 bridgehead atoms. The molecule has 2 nitrogen and oxygen atoms in total. The molecule has 72 valence electrons. The first-order valence-corrected chi connectivity index (χ1v) is 6.33. The Hall–Kier alpha value is -0.710. The van der Waals surface area contributed by atoms with Crippen molar-refractivity contribution < 1.29 is 4.74 Å². The summed E-state index contributed by atoms with van der Waals surface area (Å²) in [5.74, 6) is 0. The Kier molecular flexibility index (Phi) is 2.12. The molecule has 0 saturated heterocycles. The first-order chi connectivity index (χ1) is 6.95. The van der Waals surface area contributed by atoms with Crippen LogP contribution in [0.5, 0.6) is 0 Å². The summed E-state index contributed by atoms with van der Waals surface area (Å²) in [4.78, 5) is 5.65. The molecule has 0 spiro atoms. The number of thiazole rings is 1. The minimum Gasteiger partial charge on any atom is -0.366 e. The van der Waals surface area contributed by atoms with Crippen molar-refractivity contribution in [2.75, 3.05) is 6.61 Å². The van der Waals surface area contributed by atoms with Crippen molar-refractivity contribution >= 4 is 22.7 Å². The van der Waals surface area contributed by atoms with E-state index in [1.807, 2.05) is 5.51 Å². The van der Waals surface area contributed by atoms with Crippen molar-refractivity contribution in [3.05, 3.63) is 38.5 Å². The number of ether oxygens (including phenoxy) is 1. The van der Waals surface area contributed by atoms with Gasteiger partial charge < -0.3 is 4.74 Å². The molecular formula is C10H9NOS2. The lowest BCUT2D eigenvalue weighted by Crippen LogP contribution is -2.15. The molecule has 0 N–H and O–H groups in total. The second-order valence-corrected chi connectivity index (χ2v) is 4.89. The third kappa shape index (κ3) is 1.30. The van der Waals surface area contributed by atoms with Gasteiger partial charge >= 0.3 is 0 Å². The predicted molar refractivity (Wildman–Crippen MR) is 57.9 cm³/mol. The summed E-state index contributed by atoms with van der Waals surface area (Å²) in [5.41, 5.74) is 4.35. The number of rotatable bonds is 1. The largest absolute Gasteiger partial charge is 0.366 e. The van der Waals surface area contributed by atoms with Crippen LogP contribution in [0.1, 0.15) is 22.2 Å². The molecule has 1 atom stereocenters. The molecular weight excluding hydrogens is 214 g/mol. The highest BCUT2D eigenvalue weighted by Crippen LogP contribution is 2.35. The molecule has 1 aliphatic rings. The lowest BCUT2D eigenvalue weighted by atomic mass is 10.1. The number of fused-ring (bicyclic) bond motifs is 1. The molecule has 2 aromatic rings. The van der Waals surface area contributed by atoms with E-state index in [2.05, 4.69) is 21.8 Å². The minimum atomic E-state index is 0.0880. The van der Waals surface area contributed by atoms with Gasteiger partial charge in [0.05, 0.1) is 17.8 Å². The van der Waals surface area contributed by atoms with Gasteiger partial charge in [-0.1, -0.05) is 0 Å². The fourth-order valence-corrected chi connectivity index (χ4v) is 3.30. The van der Waals surface area contributed by atoms with Crippen molar-refractivity contribution in [2.45, 2.75) is 12.5 Å². The Labute approximate surface area is 90.2 Å². The van der Waals surface area contributed by atoms with Crippen LogP contribution in [0.4, 0.5) is 0 Å². The number of thiophene rings is 1. The Bertz CT molecular complexity index is 421. The zero-order valence-electron chi connectivity index (χ0n) is 7.47. The number of hydrogen-bond acceptors (Lipinski definition) is 4. The van der Waals surface area contributed by atoms with Gasteiger partial charge in [-0.15, -0.1) is 22.7 Å². The molecule has 0 fully saturated rings. The second kappa shape index (κ2) is 3.46. The van der Waals surface area contributed by atoms with E-state index in [0.717, 1.165) is 18.7 Å². The van der Waals surface area contributed by atoms with E-state index in [-0.39, 0.29) is 6.10 Å². The van der Waals surface area contributed by atoms with E-state index >= 15 is 0 Å². The summed E-state index contributed by atoms with van der Waals surface area (Å²) in [6.45, 7) is 0.811. The maximum atomic E-state index is 5.76. The Balaban J connectivity index is 2.04. The summed E-state index contributed by atoms with van der Waals surface area (Å²) in [6, 6.07) is 2.20. The third-order valence-electron chi connectivity index (χ3n) is 2.39. The second-order valence-electron chi connectivity index (χ2n) is 3.22. The van der Waals surface area contributed by atoms with Crippen LogP contribution in [0.2, 0.25) is 0 Å². The van der Waals surface area contributed by atoms with Gasteiger partial charge in [0.25, 0.3) is 0 Å². The monoisotopic (exact) mass is 223 g/mol. The van der Waals surface area contributed by atoms with Crippen LogP contribution in [-0.2, 0) is 11.2 Å². The summed E-state index contributed by atoms with van der Waals surface area (Å²) in [7, 11) is 0. The van der Waals surface area contributed by atoms with Gasteiger partial charge in [0.2, 0.25) is 0 Å². The SMILES string of the molecule is c1nc(C2OCCc3ccsc32)cs1. The van der Waals surface area contributed by atoms with Crippen molar-refractivity contribution in [1.82, 2.24) is 4.98 Å². The van der Waals surface area contributed by atoms with E-state index in [9.17, 15) is 0 Å². The third-order valence-corrected chi connectivity index (χ3v) is 4.00. The highest BCUT2D eigenvalue weighted by molar-refractivity contribution is 7.10. The molecule has 4 heteroatoms. The van der Waals surface area contributed by atoms with Gasteiger partial charge in [-0.05, 0) is 23.4 Å². The van der Waals surface area contributed by atoms with E-state index < -0.39 is 0 Å². The average Bonchev–Trinajstić information content (AvgIpc) is 2.88. The van der Waals surface area contributed by atoms with Crippen molar-refractivity contribution in [2.24, 2.45) is 0 Å². The van der Waals surface area contributed by atoms with Crippen molar-refractivity contribution in [3.8, 4) is 0 Å². The van der Waals surface area contributed by atoms with E-state index in [1.165, 1.54) is 10.4 Å². The molecule has 1 aliphatic heterocycles. The number of aromatic nitrogens is 1. The quantitative estimate of drug-likeness (QED) is 0.741. The molecule has 0 radical (unpaired) electrons. The van der Waals surface area contributed by atoms with Gasteiger partial charge in [-0.3, -0.25) is 0 Å². The fraction of sp³-hybridized carbons (Fsp3) is 0.300. The topological polar surface area (TPSA) is 22.1 Å². The molecule has 14 heavy (non-hydrogen) atoms. The zero-order chi connectivity index (χ0) is 9.38. The molecule has 2 aromatic heterocycles. The van der Waals surface area contributed by atoms with Gasteiger partial charge in [0, 0.05) is 10.3 Å². The average molecular weight is 223 g/mol. The maximum Gasteiger partial charge on any atom is 0.135 e. The van der Waals surface area contributed by atoms with Crippen molar-refractivity contribution in [1.29, 1.82) is 0 Å². The fourth-order valence-electron chi connectivity index (χ4n) is 1.72. The molecule has 0 aromatic carbocycles. The molecule has 0 amide bonds. The highest BCUT2D eigenvalue weighted by Gasteiger charge is 2.24. The van der Waals surface area contributed by atoms with Gasteiger partial charge in [-0.25, -0.2) is 4.98 Å². The molecule has 3 heterocycles. The van der Waals surface area contributed by atoms with E-state index in [4.69, 9.17) is 4.74 Å². The van der Waals surface area contributed by atoms with Crippen LogP contribution < -0.4 is 0 Å². The number of hydrogen-bond donors (Lipinski definition) is 0. The summed E-state index contributed by atoms with van der Waals surface area (Å²) in [6.07, 6.45) is 1.13. The Morgan fingerprint density at radius 2 is 2.50 bits per heavy atom. The normalized spacial score (nSPS) is 20.7. The van der Waals surface area contributed by atoms with E-state index in [0.29, 0.717) is 0 Å². The molecule has 0 aliphatic carbocycles. The smallest absolute Gasteiger partial charge is 0.135 e. The molecule has 1 unspecified atom stereocenters. The van der Waals surface area contributed by atoms with Crippen LogP contribution in [0, 0.1) is 0 Å². The lowest BCUT2D eigenvalue weighted by Gasteiger charge is -2.21. The first-order valence-electron chi connectivity index (χ1n) is 4.51. The van der Waals surface area contributed by atoms with Crippen LogP contribution in [-0.4, -0.2) is 11.6 Å². The molecule has 0 saturated carbocycles. The Morgan fingerprint density at radius 3 is 3.36 bits per heavy atom. The van der Waals surface area contributed by atoms with Crippen LogP contribution in [0.25, 0.3) is 0 Å². The minimum absolute atomic E-state index is 0.0880. The summed E-state index contributed by atoms with van der Waals surface area (Å²) < 4.78 is 5.76. The standard InChI is InChI=1S/C10H9NOS2/c1-3-12-9(8-5-13-6-11-8)10-7(1)2-4-14-10/h2,4-6,9H,1,3H2. The van der Waals surface area contributed by atoms with Crippen molar-refractivity contribution in [3.63, 3.8) is 0 Å². The Morgan fingerprint density at radius 1 is 1.50 bits per heavy atom. The van der Waals surface area contributed by atoms with Gasteiger partial charge in [0.15, 0.2) is 0 Å². The number of nitrogens with zero attached hydrogens (tertiary/aromatic N) is 1.